The van der Waals surface area contributed by atoms with Crippen molar-refractivity contribution >= 4 is 17.9 Å². The van der Waals surface area contributed by atoms with Gasteiger partial charge in [0.05, 0.1) is 0 Å². The number of esters is 3. The molecule has 468 valence electrons. The third-order valence-corrected chi connectivity index (χ3v) is 15.4. The van der Waals surface area contributed by atoms with E-state index in [4.69, 9.17) is 14.2 Å². The van der Waals surface area contributed by atoms with E-state index < -0.39 is 6.10 Å². The molecule has 1 unspecified atom stereocenters. The number of hydrogen-bond acceptors (Lipinski definition) is 6. The summed E-state index contributed by atoms with van der Waals surface area (Å²) in [7, 11) is 0. The lowest BCUT2D eigenvalue weighted by atomic mass is 10.0. The Bertz CT molecular complexity index is 1530. The van der Waals surface area contributed by atoms with Crippen molar-refractivity contribution in [1.82, 2.24) is 0 Å². The van der Waals surface area contributed by atoms with Gasteiger partial charge in [-0.2, -0.15) is 0 Å². The lowest BCUT2D eigenvalue weighted by Gasteiger charge is -2.18. The van der Waals surface area contributed by atoms with Crippen LogP contribution in [-0.4, -0.2) is 37.2 Å². The Labute approximate surface area is 503 Å². The molecular weight excluding hydrogens is 997 g/mol. The molecule has 6 nitrogen and oxygen atoms in total. The predicted octanol–water partition coefficient (Wildman–Crippen LogP) is 24.2. The molecule has 0 aliphatic carbocycles. The average Bonchev–Trinajstić information content (AvgIpc) is 3.47. The van der Waals surface area contributed by atoms with Crippen LogP contribution in [0.5, 0.6) is 0 Å². The second kappa shape index (κ2) is 69.1. The molecule has 0 aromatic heterocycles. The number of carbonyl (C=O) groups is 3. The molecule has 0 aliphatic heterocycles. The van der Waals surface area contributed by atoms with Crippen LogP contribution in [0.1, 0.15) is 355 Å². The minimum absolute atomic E-state index is 0.0806. The maximum Gasteiger partial charge on any atom is 0.306 e. The third kappa shape index (κ3) is 67.3. The molecule has 6 heteroatoms. The maximum atomic E-state index is 12.9. The topological polar surface area (TPSA) is 78.9 Å². The van der Waals surface area contributed by atoms with Gasteiger partial charge in [0, 0.05) is 19.3 Å². The van der Waals surface area contributed by atoms with Gasteiger partial charge in [-0.1, -0.05) is 343 Å². The van der Waals surface area contributed by atoms with Crippen molar-refractivity contribution in [2.45, 2.75) is 361 Å². The van der Waals surface area contributed by atoms with Crippen LogP contribution in [0.4, 0.5) is 0 Å². The van der Waals surface area contributed by atoms with Crippen LogP contribution in [0.2, 0.25) is 0 Å². The van der Waals surface area contributed by atoms with Crippen LogP contribution in [0, 0.1) is 0 Å². The molecule has 0 fully saturated rings. The van der Waals surface area contributed by atoms with Gasteiger partial charge in [-0.05, 0) is 77.0 Å². The third-order valence-electron chi connectivity index (χ3n) is 15.4. The van der Waals surface area contributed by atoms with Crippen LogP contribution < -0.4 is 0 Å². The van der Waals surface area contributed by atoms with E-state index in [1.54, 1.807) is 0 Å². The lowest BCUT2D eigenvalue weighted by Crippen LogP contribution is -2.30. The van der Waals surface area contributed by atoms with Crippen LogP contribution in [0.3, 0.4) is 0 Å². The smallest absolute Gasteiger partial charge is 0.306 e. The van der Waals surface area contributed by atoms with Crippen molar-refractivity contribution in [3.8, 4) is 0 Å². The van der Waals surface area contributed by atoms with Crippen LogP contribution in [0.15, 0.2) is 85.1 Å². The summed E-state index contributed by atoms with van der Waals surface area (Å²) in [5, 5.41) is 0. The standard InChI is InChI=1S/C75H132O6/c1-4-7-10-13-16-19-21-23-25-27-29-31-33-35-37-39-40-42-44-46-48-50-52-54-56-59-62-65-68-74(77)80-71-72(70-79-73(76)67-64-61-58-18-15-12-9-6-3)81-75(78)69-66-63-60-57-55-53-51-49-47-45-43-41-38-36-34-32-30-28-26-24-22-20-17-14-11-8-5-2/h8,11,17,20,24,26,30,32,36,38,43,45,49,51,72H,4-7,9-10,12-16,18-19,21-23,25,27-29,31,33-35,37,39-42,44,46-48,50,52-71H2,1-3H3/b11-8-,20-17-,26-24-,32-30-,38-36-,45-43-,51-49-. The van der Waals surface area contributed by atoms with Crippen molar-refractivity contribution in [2.75, 3.05) is 13.2 Å². The number of rotatable bonds is 64. The summed E-state index contributed by atoms with van der Waals surface area (Å²) in [5.74, 6) is -0.888. The summed E-state index contributed by atoms with van der Waals surface area (Å²) < 4.78 is 16.9. The Balaban J connectivity index is 4.15. The summed E-state index contributed by atoms with van der Waals surface area (Å²) in [6.45, 7) is 6.53. The minimum Gasteiger partial charge on any atom is -0.462 e. The highest BCUT2D eigenvalue weighted by Gasteiger charge is 2.19. The van der Waals surface area contributed by atoms with Gasteiger partial charge in [-0.25, -0.2) is 0 Å². The summed E-state index contributed by atoms with van der Waals surface area (Å²) in [4.78, 5) is 38.2. The molecule has 0 aliphatic rings. The fourth-order valence-electron chi connectivity index (χ4n) is 10.2. The summed E-state index contributed by atoms with van der Waals surface area (Å²) in [5.41, 5.74) is 0. The molecule has 0 amide bonds. The highest BCUT2D eigenvalue weighted by atomic mass is 16.6. The Morgan fingerprint density at radius 2 is 0.481 bits per heavy atom. The first-order valence-corrected chi connectivity index (χ1v) is 35.1. The first-order valence-electron chi connectivity index (χ1n) is 35.1. The van der Waals surface area contributed by atoms with Gasteiger partial charge in [-0.15, -0.1) is 0 Å². The Morgan fingerprint density at radius 3 is 0.753 bits per heavy atom. The van der Waals surface area contributed by atoms with Gasteiger partial charge < -0.3 is 14.2 Å². The van der Waals surface area contributed by atoms with Gasteiger partial charge in [0.15, 0.2) is 6.10 Å². The second-order valence-corrected chi connectivity index (χ2v) is 23.4. The van der Waals surface area contributed by atoms with Gasteiger partial charge >= 0.3 is 17.9 Å². The van der Waals surface area contributed by atoms with E-state index >= 15 is 0 Å². The predicted molar refractivity (Wildman–Crippen MR) is 353 cm³/mol. The molecule has 0 saturated heterocycles. The lowest BCUT2D eigenvalue weighted by molar-refractivity contribution is -0.167. The zero-order valence-electron chi connectivity index (χ0n) is 53.8. The number of allylic oxidation sites excluding steroid dienone is 14. The van der Waals surface area contributed by atoms with E-state index in [1.165, 1.54) is 193 Å². The summed E-state index contributed by atoms with van der Waals surface area (Å²) in [6, 6.07) is 0. The van der Waals surface area contributed by atoms with Crippen molar-refractivity contribution < 1.29 is 28.6 Å². The van der Waals surface area contributed by atoms with Gasteiger partial charge in [0.2, 0.25) is 0 Å². The first-order chi connectivity index (χ1) is 40.0. The van der Waals surface area contributed by atoms with E-state index in [2.05, 4.69) is 106 Å². The SMILES string of the molecule is CC/C=C\C/C=C\C/C=C\C/C=C\C/C=C\C/C=C\C/C=C\CCCCCCCC(=O)OC(COC(=O)CCCCCCCCCC)COC(=O)CCCCCCCCCCCCCCCCCCCCCCCCCCCCCC. The molecule has 0 heterocycles. The minimum atomic E-state index is -0.785. The number of hydrogen-bond donors (Lipinski definition) is 0. The number of ether oxygens (including phenoxy) is 3. The highest BCUT2D eigenvalue weighted by molar-refractivity contribution is 5.71. The van der Waals surface area contributed by atoms with E-state index in [-0.39, 0.29) is 31.1 Å². The molecule has 81 heavy (non-hydrogen) atoms. The van der Waals surface area contributed by atoms with Crippen LogP contribution in [0.25, 0.3) is 0 Å². The van der Waals surface area contributed by atoms with E-state index in [1.807, 2.05) is 0 Å². The van der Waals surface area contributed by atoms with Crippen molar-refractivity contribution in [3.05, 3.63) is 85.1 Å². The van der Waals surface area contributed by atoms with Crippen molar-refractivity contribution in [3.63, 3.8) is 0 Å². The first kappa shape index (κ1) is 77.6. The fraction of sp³-hybridized carbons (Fsp3) is 0.773. The van der Waals surface area contributed by atoms with Crippen molar-refractivity contribution in [1.29, 1.82) is 0 Å². The maximum absolute atomic E-state index is 12.9. The molecule has 0 N–H and O–H groups in total. The van der Waals surface area contributed by atoms with Crippen LogP contribution in [-0.2, 0) is 28.6 Å². The summed E-state index contributed by atoms with van der Waals surface area (Å²) >= 11 is 0. The quantitative estimate of drug-likeness (QED) is 0.0261. The van der Waals surface area contributed by atoms with Gasteiger partial charge in [0.1, 0.15) is 13.2 Å². The van der Waals surface area contributed by atoms with Gasteiger partial charge in [-0.3, -0.25) is 14.4 Å². The second-order valence-electron chi connectivity index (χ2n) is 23.4. The molecule has 0 saturated carbocycles. The molecule has 0 aromatic carbocycles. The number of carbonyl (C=O) groups excluding carboxylic acids is 3. The summed E-state index contributed by atoms with van der Waals surface area (Å²) in [6.07, 6.45) is 92.1. The molecular formula is C75H132O6. The number of unbranched alkanes of at least 4 members (excludes halogenated alkanes) is 39. The monoisotopic (exact) mass is 1130 g/mol. The van der Waals surface area contributed by atoms with Crippen molar-refractivity contribution in [2.24, 2.45) is 0 Å². The molecule has 0 spiro atoms. The zero-order valence-corrected chi connectivity index (χ0v) is 53.8. The van der Waals surface area contributed by atoms with E-state index in [0.29, 0.717) is 19.3 Å². The Morgan fingerprint density at radius 1 is 0.259 bits per heavy atom. The molecule has 0 radical (unpaired) electrons. The van der Waals surface area contributed by atoms with Crippen LogP contribution >= 0.6 is 0 Å². The van der Waals surface area contributed by atoms with E-state index in [9.17, 15) is 14.4 Å². The molecule has 0 rings (SSSR count). The normalized spacial score (nSPS) is 12.6. The average molecular weight is 1130 g/mol. The van der Waals surface area contributed by atoms with E-state index in [0.717, 1.165) is 122 Å². The van der Waals surface area contributed by atoms with Gasteiger partial charge in [0.25, 0.3) is 0 Å². The Kier molecular flexibility index (Phi) is 66.2. The molecule has 0 aromatic rings. The molecule has 1 atom stereocenters. The molecule has 0 bridgehead atoms. The largest absolute Gasteiger partial charge is 0.462 e. The highest BCUT2D eigenvalue weighted by Crippen LogP contribution is 2.18. The fourth-order valence-corrected chi connectivity index (χ4v) is 10.2. The Hall–Kier alpha value is -3.41. The zero-order chi connectivity index (χ0) is 58.5.